The molecule has 0 radical (unpaired) electrons. The Morgan fingerprint density at radius 3 is 2.72 bits per heavy atom. The van der Waals surface area contributed by atoms with Crippen LogP contribution in [0, 0.1) is 22.7 Å². The molecule has 0 bridgehead atoms. The van der Waals surface area contributed by atoms with E-state index in [-0.39, 0.29) is 41.7 Å². The number of aliphatic hydroxyl groups is 2. The van der Waals surface area contributed by atoms with Crippen molar-refractivity contribution in [2.24, 2.45) is 22.7 Å². The highest BCUT2D eigenvalue weighted by Crippen LogP contribution is 2.67. The normalized spacial score (nSPS) is 54.9. The highest BCUT2D eigenvalue weighted by Gasteiger charge is 2.71. The van der Waals surface area contributed by atoms with Crippen molar-refractivity contribution in [2.45, 2.75) is 70.2 Å². The van der Waals surface area contributed by atoms with Gasteiger partial charge in [-0.1, -0.05) is 27.2 Å². The fourth-order valence-electron chi connectivity index (χ4n) is 6.75. The van der Waals surface area contributed by atoms with Crippen LogP contribution < -0.4 is 0 Å². The van der Waals surface area contributed by atoms with Crippen molar-refractivity contribution < 1.29 is 24.5 Å². The lowest BCUT2D eigenvalue weighted by atomic mass is 9.43. The standard InChI is InChI=1S/C20H30O5/c1-13-9-14(22)16-17(2,11-21)5-4-6-18(16,3)20(13)10-15(23)19(25-20)7-8-24-12-19/h7-8,13-14,16,21-22H,4-6,9-12H2,1-3H3. The zero-order chi connectivity index (χ0) is 18.1. The fourth-order valence-corrected chi connectivity index (χ4v) is 6.75. The lowest BCUT2D eigenvalue weighted by molar-refractivity contribution is -0.270. The van der Waals surface area contributed by atoms with Gasteiger partial charge in [-0.15, -0.1) is 0 Å². The molecular formula is C20H30O5. The Morgan fingerprint density at radius 2 is 2.08 bits per heavy atom. The molecule has 3 fully saturated rings. The highest BCUT2D eigenvalue weighted by atomic mass is 16.6. The zero-order valence-electron chi connectivity index (χ0n) is 15.5. The fraction of sp³-hybridized carbons (Fsp3) is 0.850. The van der Waals surface area contributed by atoms with Crippen molar-refractivity contribution >= 4 is 5.78 Å². The Morgan fingerprint density at radius 1 is 1.32 bits per heavy atom. The first-order valence-electron chi connectivity index (χ1n) is 9.55. The summed E-state index contributed by atoms with van der Waals surface area (Å²) in [7, 11) is 0. The summed E-state index contributed by atoms with van der Waals surface area (Å²) in [5.74, 6) is 0.0760. The molecule has 5 heteroatoms. The predicted octanol–water partition coefficient (Wildman–Crippen LogP) is 2.20. The van der Waals surface area contributed by atoms with Gasteiger partial charge in [-0.25, -0.2) is 0 Å². The summed E-state index contributed by atoms with van der Waals surface area (Å²) in [4.78, 5) is 13.0. The van der Waals surface area contributed by atoms with Crippen LogP contribution in [0.1, 0.15) is 52.9 Å². The molecule has 2 N–H and O–H groups in total. The maximum Gasteiger partial charge on any atom is 0.182 e. The molecule has 4 rings (SSSR count). The van der Waals surface area contributed by atoms with Gasteiger partial charge in [0.1, 0.15) is 6.61 Å². The number of hydrogen-bond acceptors (Lipinski definition) is 5. The largest absolute Gasteiger partial charge is 0.498 e. The number of carbonyl (C=O) groups excluding carboxylic acids is 1. The smallest absolute Gasteiger partial charge is 0.182 e. The van der Waals surface area contributed by atoms with Gasteiger partial charge in [0.25, 0.3) is 0 Å². The SMILES string of the molecule is CC1CC(O)C2C(C)(CO)CCCC2(C)C12CC(=O)C1(C=COC1)O2. The third-order valence-corrected chi connectivity index (χ3v) is 7.98. The summed E-state index contributed by atoms with van der Waals surface area (Å²) < 4.78 is 12.0. The van der Waals surface area contributed by atoms with Crippen LogP contribution in [0.5, 0.6) is 0 Å². The molecule has 2 spiro atoms. The van der Waals surface area contributed by atoms with Crippen LogP contribution in [0.25, 0.3) is 0 Å². The van der Waals surface area contributed by atoms with Gasteiger partial charge in [0.05, 0.1) is 18.0 Å². The Bertz CT molecular complexity index is 617. The lowest BCUT2D eigenvalue weighted by Crippen LogP contribution is -2.67. The van der Waals surface area contributed by atoms with Crippen molar-refractivity contribution in [1.29, 1.82) is 0 Å². The average molecular weight is 350 g/mol. The van der Waals surface area contributed by atoms with Gasteiger partial charge in [-0.3, -0.25) is 4.79 Å². The van der Waals surface area contributed by atoms with Crippen LogP contribution in [0.15, 0.2) is 12.3 Å². The second-order valence-electron chi connectivity index (χ2n) is 9.36. The van der Waals surface area contributed by atoms with E-state index in [2.05, 4.69) is 20.8 Å². The summed E-state index contributed by atoms with van der Waals surface area (Å²) in [6.45, 7) is 6.65. The molecular weight excluding hydrogens is 320 g/mol. The van der Waals surface area contributed by atoms with E-state index in [1.165, 1.54) is 0 Å². The molecule has 5 nitrogen and oxygen atoms in total. The Hall–Kier alpha value is -0.910. The Labute approximate surface area is 149 Å². The van der Waals surface area contributed by atoms with E-state index < -0.39 is 17.3 Å². The number of fused-ring (bicyclic) bond motifs is 2. The molecule has 25 heavy (non-hydrogen) atoms. The van der Waals surface area contributed by atoms with Crippen LogP contribution in [0.4, 0.5) is 0 Å². The van der Waals surface area contributed by atoms with Gasteiger partial charge in [0, 0.05) is 24.4 Å². The number of ether oxygens (including phenoxy) is 2. The van der Waals surface area contributed by atoms with E-state index in [1.807, 2.05) is 0 Å². The Kier molecular flexibility index (Phi) is 3.71. The first-order chi connectivity index (χ1) is 11.7. The summed E-state index contributed by atoms with van der Waals surface area (Å²) >= 11 is 0. The van der Waals surface area contributed by atoms with Crippen LogP contribution in [-0.2, 0) is 14.3 Å². The van der Waals surface area contributed by atoms with Crippen molar-refractivity contribution in [2.75, 3.05) is 13.2 Å². The molecule has 0 amide bonds. The molecule has 0 aromatic heterocycles. The van der Waals surface area contributed by atoms with E-state index in [0.29, 0.717) is 12.8 Å². The summed E-state index contributed by atoms with van der Waals surface area (Å²) in [5.41, 5.74) is -2.26. The summed E-state index contributed by atoms with van der Waals surface area (Å²) in [5, 5.41) is 21.1. The van der Waals surface area contributed by atoms with Crippen molar-refractivity contribution in [3.63, 3.8) is 0 Å². The number of ketones is 1. The third kappa shape index (κ3) is 2.03. The third-order valence-electron chi connectivity index (χ3n) is 7.98. The molecule has 0 aromatic carbocycles. The Balaban J connectivity index is 1.82. The van der Waals surface area contributed by atoms with Gasteiger partial charge < -0.3 is 19.7 Å². The quantitative estimate of drug-likeness (QED) is 0.758. The second kappa shape index (κ2) is 5.30. The number of hydrogen-bond donors (Lipinski definition) is 2. The monoisotopic (exact) mass is 350 g/mol. The van der Waals surface area contributed by atoms with Crippen molar-refractivity contribution in [1.82, 2.24) is 0 Å². The molecule has 4 aliphatic rings. The van der Waals surface area contributed by atoms with Gasteiger partial charge in [-0.2, -0.15) is 0 Å². The molecule has 7 unspecified atom stereocenters. The first-order valence-corrected chi connectivity index (χ1v) is 9.55. The number of Topliss-reactive ketones (excluding diaryl/α,β-unsaturated/α-hetero) is 1. The maximum atomic E-state index is 13.0. The van der Waals surface area contributed by atoms with E-state index >= 15 is 0 Å². The zero-order valence-corrected chi connectivity index (χ0v) is 15.5. The molecule has 7 atom stereocenters. The first kappa shape index (κ1) is 17.5. The van der Waals surface area contributed by atoms with E-state index in [0.717, 1.165) is 19.3 Å². The minimum absolute atomic E-state index is 0.0525. The van der Waals surface area contributed by atoms with Crippen molar-refractivity contribution in [3.8, 4) is 0 Å². The minimum Gasteiger partial charge on any atom is -0.498 e. The molecule has 0 aromatic rings. The number of rotatable bonds is 1. The molecule has 140 valence electrons. The predicted molar refractivity (Wildman–Crippen MR) is 91.7 cm³/mol. The van der Waals surface area contributed by atoms with Gasteiger partial charge in [0.15, 0.2) is 11.4 Å². The van der Waals surface area contributed by atoms with E-state index in [1.54, 1.807) is 12.3 Å². The molecule has 2 aliphatic carbocycles. The summed E-state index contributed by atoms with van der Waals surface area (Å²) in [6, 6.07) is 0. The van der Waals surface area contributed by atoms with E-state index in [9.17, 15) is 15.0 Å². The number of aliphatic hydroxyl groups excluding tert-OH is 2. The lowest BCUT2D eigenvalue weighted by Gasteiger charge is -2.65. The topological polar surface area (TPSA) is 76.0 Å². The highest BCUT2D eigenvalue weighted by molar-refractivity contribution is 5.93. The van der Waals surface area contributed by atoms with E-state index in [4.69, 9.17) is 9.47 Å². The average Bonchev–Trinajstić information content (AvgIpc) is 3.13. The summed E-state index contributed by atoms with van der Waals surface area (Å²) in [6.07, 6.45) is 6.59. The van der Waals surface area contributed by atoms with Crippen molar-refractivity contribution in [3.05, 3.63) is 12.3 Å². The molecule has 2 heterocycles. The van der Waals surface area contributed by atoms with Crippen LogP contribution in [-0.4, -0.2) is 46.5 Å². The minimum atomic E-state index is -0.961. The molecule has 2 saturated carbocycles. The number of carbonyl (C=O) groups is 1. The molecule has 1 saturated heterocycles. The second-order valence-corrected chi connectivity index (χ2v) is 9.36. The maximum absolute atomic E-state index is 13.0. The van der Waals surface area contributed by atoms with Gasteiger partial charge >= 0.3 is 0 Å². The van der Waals surface area contributed by atoms with Gasteiger partial charge in [0.2, 0.25) is 0 Å². The van der Waals surface area contributed by atoms with Crippen LogP contribution in [0.2, 0.25) is 0 Å². The van der Waals surface area contributed by atoms with Gasteiger partial charge in [-0.05, 0) is 36.7 Å². The van der Waals surface area contributed by atoms with Crippen LogP contribution >= 0.6 is 0 Å². The van der Waals surface area contributed by atoms with Crippen LogP contribution in [0.3, 0.4) is 0 Å². The molecule has 2 aliphatic heterocycles.